The van der Waals surface area contributed by atoms with Crippen LogP contribution in [0.25, 0.3) is 0 Å². The highest BCUT2D eigenvalue weighted by Gasteiger charge is 2.53. The number of hydrogen-bond donors (Lipinski definition) is 0. The Bertz CT molecular complexity index is 286. The van der Waals surface area contributed by atoms with E-state index in [-0.39, 0.29) is 0 Å². The maximum Gasteiger partial charge on any atom is 0.344 e. The molecule has 136 valence electrons. The Kier molecular flexibility index (Phi) is 8.10. The predicted octanol–water partition coefficient (Wildman–Crippen LogP) is 6.44. The third-order valence-corrected chi connectivity index (χ3v) is 11.6. The molecule has 0 aromatic heterocycles. The highest BCUT2D eigenvalue weighted by atomic mass is 28.4. The molecule has 2 rings (SSSR count). The van der Waals surface area contributed by atoms with E-state index in [0.717, 1.165) is 36.1 Å². The SMILES string of the molecule is CCO[Si](OCC)(C1CCC(CC)CC1)C1CCC(CC)CC1. The first kappa shape index (κ1) is 19.5. The fraction of sp³-hybridized carbons (Fsp3) is 1.00. The van der Waals surface area contributed by atoms with E-state index in [1.54, 1.807) is 0 Å². The van der Waals surface area contributed by atoms with Gasteiger partial charge in [-0.25, -0.2) is 0 Å². The Morgan fingerprint density at radius 1 is 0.609 bits per heavy atom. The van der Waals surface area contributed by atoms with Crippen LogP contribution in [-0.2, 0) is 8.85 Å². The lowest BCUT2D eigenvalue weighted by molar-refractivity contribution is 0.137. The Morgan fingerprint density at radius 2 is 0.957 bits per heavy atom. The Balaban J connectivity index is 2.11. The summed E-state index contributed by atoms with van der Waals surface area (Å²) in [7, 11) is -2.08. The summed E-state index contributed by atoms with van der Waals surface area (Å²) in [6, 6.07) is 0. The summed E-state index contributed by atoms with van der Waals surface area (Å²) in [5.41, 5.74) is 1.49. The molecule has 0 amide bonds. The molecule has 0 aromatic rings. The second-order valence-corrected chi connectivity index (χ2v) is 11.5. The van der Waals surface area contributed by atoms with Crippen molar-refractivity contribution in [3.63, 3.8) is 0 Å². The lowest BCUT2D eigenvalue weighted by atomic mass is 9.87. The fourth-order valence-electron chi connectivity index (χ4n) is 5.24. The minimum Gasteiger partial charge on any atom is -0.394 e. The van der Waals surface area contributed by atoms with E-state index in [2.05, 4.69) is 27.7 Å². The topological polar surface area (TPSA) is 18.5 Å². The van der Waals surface area contributed by atoms with Crippen molar-refractivity contribution in [2.45, 2.75) is 103 Å². The summed E-state index contributed by atoms with van der Waals surface area (Å²) in [5.74, 6) is 1.91. The summed E-state index contributed by atoms with van der Waals surface area (Å²) < 4.78 is 13.2. The van der Waals surface area contributed by atoms with Crippen molar-refractivity contribution in [1.82, 2.24) is 0 Å². The second-order valence-electron chi connectivity index (χ2n) is 7.84. The largest absolute Gasteiger partial charge is 0.394 e. The molecular formula is C20H40O2Si. The molecule has 0 atom stereocenters. The molecule has 0 radical (unpaired) electrons. The number of rotatable bonds is 8. The zero-order chi connectivity index (χ0) is 16.7. The minimum absolute atomic E-state index is 0.744. The van der Waals surface area contributed by atoms with Crippen LogP contribution in [0.15, 0.2) is 0 Å². The highest BCUT2D eigenvalue weighted by molar-refractivity contribution is 6.70. The summed E-state index contributed by atoms with van der Waals surface area (Å²) in [4.78, 5) is 0. The van der Waals surface area contributed by atoms with E-state index in [9.17, 15) is 0 Å². The van der Waals surface area contributed by atoms with Crippen LogP contribution in [-0.4, -0.2) is 21.8 Å². The highest BCUT2D eigenvalue weighted by Crippen LogP contribution is 2.51. The van der Waals surface area contributed by atoms with Crippen LogP contribution in [0, 0.1) is 11.8 Å². The van der Waals surface area contributed by atoms with Gasteiger partial charge in [-0.05, 0) is 51.4 Å². The van der Waals surface area contributed by atoms with Crippen molar-refractivity contribution in [3.05, 3.63) is 0 Å². The molecule has 0 aliphatic heterocycles. The molecule has 0 aromatic carbocycles. The minimum atomic E-state index is -2.08. The first-order valence-corrected chi connectivity index (χ1v) is 12.4. The molecule has 0 bridgehead atoms. The van der Waals surface area contributed by atoms with Gasteiger partial charge < -0.3 is 8.85 Å². The Hall–Kier alpha value is 0.137. The normalized spacial score (nSPS) is 32.9. The van der Waals surface area contributed by atoms with Crippen LogP contribution in [0.3, 0.4) is 0 Å². The van der Waals surface area contributed by atoms with Crippen LogP contribution in [0.2, 0.25) is 11.1 Å². The Labute approximate surface area is 146 Å². The van der Waals surface area contributed by atoms with Gasteiger partial charge in [-0.3, -0.25) is 0 Å². The first-order chi connectivity index (χ1) is 11.2. The molecule has 0 N–H and O–H groups in total. The lowest BCUT2D eigenvalue weighted by Gasteiger charge is -2.46. The Morgan fingerprint density at radius 3 is 1.22 bits per heavy atom. The van der Waals surface area contributed by atoms with Gasteiger partial charge in [-0.2, -0.15) is 0 Å². The number of hydrogen-bond acceptors (Lipinski definition) is 2. The predicted molar refractivity (Wildman–Crippen MR) is 101 cm³/mol. The van der Waals surface area contributed by atoms with E-state index < -0.39 is 8.56 Å². The molecule has 2 saturated carbocycles. The molecule has 0 heterocycles. The van der Waals surface area contributed by atoms with Crippen molar-refractivity contribution >= 4 is 8.56 Å². The molecular weight excluding hydrogens is 300 g/mol. The van der Waals surface area contributed by atoms with Crippen molar-refractivity contribution in [1.29, 1.82) is 0 Å². The lowest BCUT2D eigenvalue weighted by Crippen LogP contribution is -2.53. The van der Waals surface area contributed by atoms with Crippen LogP contribution < -0.4 is 0 Å². The maximum atomic E-state index is 6.60. The van der Waals surface area contributed by atoms with Crippen LogP contribution >= 0.6 is 0 Å². The van der Waals surface area contributed by atoms with Crippen molar-refractivity contribution < 1.29 is 8.85 Å². The van der Waals surface area contributed by atoms with Crippen molar-refractivity contribution in [3.8, 4) is 0 Å². The smallest absolute Gasteiger partial charge is 0.344 e. The van der Waals surface area contributed by atoms with Gasteiger partial charge in [-0.1, -0.05) is 52.4 Å². The monoisotopic (exact) mass is 340 g/mol. The van der Waals surface area contributed by atoms with E-state index >= 15 is 0 Å². The zero-order valence-corrected chi connectivity index (χ0v) is 17.1. The van der Waals surface area contributed by atoms with Gasteiger partial charge in [-0.15, -0.1) is 0 Å². The van der Waals surface area contributed by atoms with E-state index in [4.69, 9.17) is 8.85 Å². The summed E-state index contributed by atoms with van der Waals surface area (Å²) in [6.45, 7) is 10.7. The van der Waals surface area contributed by atoms with Gasteiger partial charge in [0.05, 0.1) is 0 Å². The van der Waals surface area contributed by atoms with Crippen LogP contribution in [0.1, 0.15) is 91.9 Å². The molecule has 2 fully saturated rings. The van der Waals surface area contributed by atoms with E-state index in [0.29, 0.717) is 0 Å². The first-order valence-electron chi connectivity index (χ1n) is 10.5. The summed E-state index contributed by atoms with van der Waals surface area (Å²) in [6.07, 6.45) is 13.8. The third-order valence-electron chi connectivity index (χ3n) is 6.73. The molecule has 3 heteroatoms. The van der Waals surface area contributed by atoms with Gasteiger partial charge in [0.25, 0.3) is 0 Å². The van der Waals surface area contributed by atoms with Crippen LogP contribution in [0.5, 0.6) is 0 Å². The average Bonchev–Trinajstić information content (AvgIpc) is 2.61. The summed E-state index contributed by atoms with van der Waals surface area (Å²) >= 11 is 0. The molecule has 0 unspecified atom stereocenters. The molecule has 0 spiro atoms. The van der Waals surface area contributed by atoms with Gasteiger partial charge in [0.15, 0.2) is 0 Å². The van der Waals surface area contributed by atoms with Crippen molar-refractivity contribution in [2.24, 2.45) is 11.8 Å². The second kappa shape index (κ2) is 9.58. The fourth-order valence-corrected chi connectivity index (χ4v) is 10.1. The van der Waals surface area contributed by atoms with Crippen molar-refractivity contribution in [2.75, 3.05) is 13.2 Å². The summed E-state index contributed by atoms with van der Waals surface area (Å²) in [5, 5.41) is 0. The molecule has 2 aliphatic carbocycles. The average molecular weight is 341 g/mol. The quantitative estimate of drug-likeness (QED) is 0.473. The van der Waals surface area contributed by atoms with Gasteiger partial charge in [0.2, 0.25) is 0 Å². The van der Waals surface area contributed by atoms with Gasteiger partial charge in [0, 0.05) is 24.3 Å². The van der Waals surface area contributed by atoms with Gasteiger partial charge >= 0.3 is 8.56 Å². The van der Waals surface area contributed by atoms with Gasteiger partial charge in [0.1, 0.15) is 0 Å². The standard InChI is InChI=1S/C20H40O2Si/c1-5-17-9-13-19(14-10-17)23(21-7-3,22-8-4)20-15-11-18(6-2)12-16-20/h17-20H,5-16H2,1-4H3. The zero-order valence-electron chi connectivity index (χ0n) is 16.1. The molecule has 23 heavy (non-hydrogen) atoms. The van der Waals surface area contributed by atoms with Crippen LogP contribution in [0.4, 0.5) is 0 Å². The maximum absolute atomic E-state index is 6.60. The molecule has 0 saturated heterocycles. The molecule has 2 nitrogen and oxygen atoms in total. The molecule has 2 aliphatic rings. The van der Waals surface area contributed by atoms with E-state index in [1.807, 2.05) is 0 Å². The van der Waals surface area contributed by atoms with E-state index in [1.165, 1.54) is 64.2 Å². The third kappa shape index (κ3) is 4.61.